The standard InChI is InChI=1S/C17H24N4O/c1-10(2)20(14-6-7-14)17(22)15-8-13-9-18-21(11(3)4)16(13)19-12(15)5/h8-11,14H,6-7H2,1-5H3. The normalized spacial score (nSPS) is 15.0. The number of fused-ring (bicyclic) bond motifs is 1. The van der Waals surface area contributed by atoms with Crippen molar-refractivity contribution in [1.29, 1.82) is 0 Å². The highest BCUT2D eigenvalue weighted by Gasteiger charge is 2.35. The molecule has 5 heteroatoms. The SMILES string of the molecule is Cc1nc2c(cnn2C(C)C)cc1C(=O)N(C(C)C)C1CC1. The van der Waals surface area contributed by atoms with E-state index < -0.39 is 0 Å². The molecule has 2 aromatic heterocycles. The summed E-state index contributed by atoms with van der Waals surface area (Å²) in [7, 11) is 0. The average molecular weight is 300 g/mol. The van der Waals surface area contributed by atoms with Gasteiger partial charge in [-0.1, -0.05) is 0 Å². The molecule has 0 aliphatic heterocycles. The second kappa shape index (κ2) is 5.38. The Labute approximate surface area is 131 Å². The predicted molar refractivity (Wildman–Crippen MR) is 87.0 cm³/mol. The maximum Gasteiger partial charge on any atom is 0.256 e. The predicted octanol–water partition coefficient (Wildman–Crippen LogP) is 3.33. The highest BCUT2D eigenvalue weighted by atomic mass is 16.2. The smallest absolute Gasteiger partial charge is 0.256 e. The van der Waals surface area contributed by atoms with Crippen LogP contribution in [0.1, 0.15) is 62.6 Å². The first kappa shape index (κ1) is 15.0. The quantitative estimate of drug-likeness (QED) is 0.870. The number of aryl methyl sites for hydroxylation is 1. The molecular formula is C17H24N4O. The molecule has 0 N–H and O–H groups in total. The van der Waals surface area contributed by atoms with Crippen LogP contribution in [-0.4, -0.2) is 37.7 Å². The first-order valence-corrected chi connectivity index (χ1v) is 8.07. The van der Waals surface area contributed by atoms with Crippen molar-refractivity contribution in [3.05, 3.63) is 23.5 Å². The molecule has 118 valence electrons. The Balaban J connectivity index is 2.03. The summed E-state index contributed by atoms with van der Waals surface area (Å²) >= 11 is 0. The molecule has 5 nitrogen and oxygen atoms in total. The van der Waals surface area contributed by atoms with Gasteiger partial charge in [0.25, 0.3) is 5.91 Å². The van der Waals surface area contributed by atoms with Crippen molar-refractivity contribution < 1.29 is 4.79 Å². The maximum atomic E-state index is 12.9. The minimum Gasteiger partial charge on any atom is -0.333 e. The lowest BCUT2D eigenvalue weighted by molar-refractivity contribution is 0.0689. The third-order valence-corrected chi connectivity index (χ3v) is 4.21. The lowest BCUT2D eigenvalue weighted by atomic mass is 10.1. The molecule has 1 fully saturated rings. The van der Waals surface area contributed by atoms with E-state index in [1.54, 1.807) is 6.20 Å². The van der Waals surface area contributed by atoms with Gasteiger partial charge in [-0.3, -0.25) is 4.79 Å². The molecule has 0 bridgehead atoms. The van der Waals surface area contributed by atoms with E-state index in [2.05, 4.69) is 37.8 Å². The minimum atomic E-state index is 0.0988. The van der Waals surface area contributed by atoms with Crippen LogP contribution in [0.2, 0.25) is 0 Å². The van der Waals surface area contributed by atoms with Gasteiger partial charge in [0.1, 0.15) is 0 Å². The summed E-state index contributed by atoms with van der Waals surface area (Å²) in [5.41, 5.74) is 2.34. The fourth-order valence-corrected chi connectivity index (χ4v) is 2.97. The van der Waals surface area contributed by atoms with Gasteiger partial charge in [-0.15, -0.1) is 0 Å². The number of rotatable bonds is 4. The van der Waals surface area contributed by atoms with Gasteiger partial charge >= 0.3 is 0 Å². The van der Waals surface area contributed by atoms with E-state index in [0.29, 0.717) is 11.6 Å². The first-order valence-electron chi connectivity index (χ1n) is 8.07. The Morgan fingerprint density at radius 2 is 2.00 bits per heavy atom. The maximum absolute atomic E-state index is 12.9. The highest BCUT2D eigenvalue weighted by molar-refractivity contribution is 5.98. The Bertz CT molecular complexity index is 711. The van der Waals surface area contributed by atoms with Crippen LogP contribution >= 0.6 is 0 Å². The number of nitrogens with zero attached hydrogens (tertiary/aromatic N) is 4. The van der Waals surface area contributed by atoms with Crippen LogP contribution in [-0.2, 0) is 0 Å². The van der Waals surface area contributed by atoms with Crippen molar-refractivity contribution >= 4 is 16.9 Å². The minimum absolute atomic E-state index is 0.0988. The summed E-state index contributed by atoms with van der Waals surface area (Å²) in [6.45, 7) is 10.2. The summed E-state index contributed by atoms with van der Waals surface area (Å²) in [6.07, 6.45) is 4.03. The molecular weight excluding hydrogens is 276 g/mol. The van der Waals surface area contributed by atoms with E-state index in [9.17, 15) is 4.79 Å². The molecule has 0 atom stereocenters. The number of hydrogen-bond donors (Lipinski definition) is 0. The van der Waals surface area contributed by atoms with Crippen LogP contribution in [0.5, 0.6) is 0 Å². The van der Waals surface area contributed by atoms with Crippen molar-refractivity contribution in [2.45, 2.75) is 65.6 Å². The van der Waals surface area contributed by atoms with Gasteiger partial charge in [-0.25, -0.2) is 9.67 Å². The Kier molecular flexibility index (Phi) is 3.67. The number of hydrogen-bond acceptors (Lipinski definition) is 3. The van der Waals surface area contributed by atoms with Crippen LogP contribution in [0.15, 0.2) is 12.3 Å². The summed E-state index contributed by atoms with van der Waals surface area (Å²) < 4.78 is 1.90. The number of pyridine rings is 1. The van der Waals surface area contributed by atoms with Crippen molar-refractivity contribution in [1.82, 2.24) is 19.7 Å². The van der Waals surface area contributed by atoms with E-state index >= 15 is 0 Å². The molecule has 0 radical (unpaired) electrons. The zero-order valence-electron chi connectivity index (χ0n) is 14.0. The van der Waals surface area contributed by atoms with Gasteiger partial charge in [-0.2, -0.15) is 5.10 Å². The Hall–Kier alpha value is -1.91. The van der Waals surface area contributed by atoms with Crippen LogP contribution in [0.4, 0.5) is 0 Å². The summed E-state index contributed by atoms with van der Waals surface area (Å²) in [4.78, 5) is 19.6. The van der Waals surface area contributed by atoms with Gasteiger partial charge in [-0.05, 0) is 53.5 Å². The van der Waals surface area contributed by atoms with Crippen LogP contribution in [0, 0.1) is 6.92 Å². The fourth-order valence-electron chi connectivity index (χ4n) is 2.97. The molecule has 0 spiro atoms. The third kappa shape index (κ3) is 2.49. The molecule has 1 aliphatic rings. The zero-order chi connectivity index (χ0) is 16.0. The van der Waals surface area contributed by atoms with Gasteiger partial charge < -0.3 is 4.90 Å². The van der Waals surface area contributed by atoms with Gasteiger partial charge in [0.2, 0.25) is 0 Å². The molecule has 2 aromatic rings. The zero-order valence-corrected chi connectivity index (χ0v) is 14.0. The van der Waals surface area contributed by atoms with Crippen LogP contribution < -0.4 is 0 Å². The van der Waals surface area contributed by atoms with Crippen LogP contribution in [0.3, 0.4) is 0 Å². The molecule has 1 amide bonds. The van der Waals surface area contributed by atoms with Crippen molar-refractivity contribution in [2.75, 3.05) is 0 Å². The molecule has 3 rings (SSSR count). The highest BCUT2D eigenvalue weighted by Crippen LogP contribution is 2.31. The van der Waals surface area contributed by atoms with E-state index in [0.717, 1.165) is 29.6 Å². The van der Waals surface area contributed by atoms with E-state index in [1.165, 1.54) is 0 Å². The lowest BCUT2D eigenvalue weighted by Crippen LogP contribution is -2.39. The van der Waals surface area contributed by atoms with E-state index in [4.69, 9.17) is 0 Å². The Morgan fingerprint density at radius 1 is 1.32 bits per heavy atom. The summed E-state index contributed by atoms with van der Waals surface area (Å²) in [6, 6.07) is 2.82. The second-order valence-corrected chi connectivity index (χ2v) is 6.75. The largest absolute Gasteiger partial charge is 0.333 e. The second-order valence-electron chi connectivity index (χ2n) is 6.75. The Morgan fingerprint density at radius 3 is 2.55 bits per heavy atom. The number of aromatic nitrogens is 3. The monoisotopic (exact) mass is 300 g/mol. The number of amides is 1. The average Bonchev–Trinajstić information content (AvgIpc) is 3.16. The molecule has 0 aromatic carbocycles. The fraction of sp³-hybridized carbons (Fsp3) is 0.588. The number of carbonyl (C=O) groups excluding carboxylic acids is 1. The van der Waals surface area contributed by atoms with Gasteiger partial charge in [0.15, 0.2) is 5.65 Å². The summed E-state index contributed by atoms with van der Waals surface area (Å²) in [5, 5.41) is 5.33. The van der Waals surface area contributed by atoms with Crippen molar-refractivity contribution in [2.24, 2.45) is 0 Å². The van der Waals surface area contributed by atoms with Crippen molar-refractivity contribution in [3.8, 4) is 0 Å². The van der Waals surface area contributed by atoms with Gasteiger partial charge in [0.05, 0.1) is 17.5 Å². The van der Waals surface area contributed by atoms with Gasteiger partial charge in [0, 0.05) is 23.5 Å². The first-order chi connectivity index (χ1) is 10.4. The molecule has 0 unspecified atom stereocenters. The molecule has 2 heterocycles. The molecule has 22 heavy (non-hydrogen) atoms. The molecule has 1 saturated carbocycles. The van der Waals surface area contributed by atoms with E-state index in [-0.39, 0.29) is 18.0 Å². The summed E-state index contributed by atoms with van der Waals surface area (Å²) in [5.74, 6) is 0.0988. The third-order valence-electron chi connectivity index (χ3n) is 4.21. The molecule has 1 aliphatic carbocycles. The van der Waals surface area contributed by atoms with Crippen LogP contribution in [0.25, 0.3) is 11.0 Å². The van der Waals surface area contributed by atoms with E-state index in [1.807, 2.05) is 22.6 Å². The van der Waals surface area contributed by atoms with Crippen molar-refractivity contribution in [3.63, 3.8) is 0 Å². The lowest BCUT2D eigenvalue weighted by Gasteiger charge is -2.27. The topological polar surface area (TPSA) is 51.0 Å². The molecule has 0 saturated heterocycles. The number of carbonyl (C=O) groups is 1.